The van der Waals surface area contributed by atoms with Crippen molar-refractivity contribution in [2.75, 3.05) is 13.1 Å². The van der Waals surface area contributed by atoms with Gasteiger partial charge < -0.3 is 5.32 Å². The molecule has 1 nitrogen and oxygen atoms in total. The van der Waals surface area contributed by atoms with Gasteiger partial charge in [-0.15, -0.1) is 11.3 Å². The third kappa shape index (κ3) is 4.70. The number of hydrogen-bond acceptors (Lipinski definition) is 2. The highest BCUT2D eigenvalue weighted by molar-refractivity contribution is 9.13. The van der Waals surface area contributed by atoms with Crippen LogP contribution in [-0.4, -0.2) is 13.1 Å². The Hall–Kier alpha value is 0.360. The Morgan fingerprint density at radius 2 is 2.19 bits per heavy atom. The zero-order chi connectivity index (χ0) is 12.0. The molecule has 0 aliphatic heterocycles. The standard InChI is InChI=1S/C12H17Br2NS/c1-3-5-15-8-9(4-2)6-10-7-11(13)12(14)16-10/h6-7,15H,3-5,8H2,1-2H3. The summed E-state index contributed by atoms with van der Waals surface area (Å²) in [6.07, 6.45) is 4.57. The van der Waals surface area contributed by atoms with Gasteiger partial charge in [-0.05, 0) is 63.4 Å². The average Bonchev–Trinajstić information content (AvgIpc) is 2.57. The van der Waals surface area contributed by atoms with Crippen LogP contribution in [0.1, 0.15) is 31.6 Å². The number of hydrogen-bond donors (Lipinski definition) is 1. The summed E-state index contributed by atoms with van der Waals surface area (Å²) in [6, 6.07) is 2.16. The molecular weight excluding hydrogens is 350 g/mol. The molecule has 1 aromatic heterocycles. The Morgan fingerprint density at radius 1 is 1.44 bits per heavy atom. The first-order valence-corrected chi connectivity index (χ1v) is 7.92. The molecule has 1 heterocycles. The van der Waals surface area contributed by atoms with E-state index in [0.717, 1.165) is 27.8 Å². The maximum absolute atomic E-state index is 3.52. The third-order valence-electron chi connectivity index (χ3n) is 2.24. The summed E-state index contributed by atoms with van der Waals surface area (Å²) >= 11 is 8.79. The molecule has 1 N–H and O–H groups in total. The normalized spacial score (nSPS) is 12.1. The molecule has 0 fully saturated rings. The van der Waals surface area contributed by atoms with Crippen LogP contribution in [0, 0.1) is 0 Å². The minimum Gasteiger partial charge on any atom is -0.313 e. The van der Waals surface area contributed by atoms with E-state index in [-0.39, 0.29) is 0 Å². The average molecular weight is 367 g/mol. The van der Waals surface area contributed by atoms with E-state index in [0.29, 0.717) is 0 Å². The summed E-state index contributed by atoms with van der Waals surface area (Å²) in [6.45, 7) is 6.49. The molecule has 0 aliphatic rings. The van der Waals surface area contributed by atoms with E-state index in [4.69, 9.17) is 0 Å². The molecule has 0 atom stereocenters. The Bertz CT molecular complexity index is 338. The Labute approximate surface area is 119 Å². The Kier molecular flexibility index (Phi) is 6.89. The molecule has 4 heteroatoms. The van der Waals surface area contributed by atoms with E-state index in [1.54, 1.807) is 11.3 Å². The zero-order valence-electron chi connectivity index (χ0n) is 9.65. The van der Waals surface area contributed by atoms with Gasteiger partial charge in [0.1, 0.15) is 0 Å². The predicted molar refractivity (Wildman–Crippen MR) is 81.1 cm³/mol. The minimum atomic E-state index is 0.997. The van der Waals surface area contributed by atoms with Crippen LogP contribution in [0.3, 0.4) is 0 Å². The van der Waals surface area contributed by atoms with Crippen LogP contribution in [0.2, 0.25) is 0 Å². The topological polar surface area (TPSA) is 12.0 Å². The van der Waals surface area contributed by atoms with Crippen molar-refractivity contribution in [2.45, 2.75) is 26.7 Å². The van der Waals surface area contributed by atoms with Crippen LogP contribution in [0.4, 0.5) is 0 Å². The largest absolute Gasteiger partial charge is 0.313 e. The Morgan fingerprint density at radius 3 is 2.69 bits per heavy atom. The predicted octanol–water partition coefficient (Wildman–Crippen LogP) is 5.07. The number of rotatable bonds is 6. The van der Waals surface area contributed by atoms with Crippen LogP contribution in [0.15, 0.2) is 19.9 Å². The molecular formula is C12H17Br2NS. The van der Waals surface area contributed by atoms with Gasteiger partial charge in [0.15, 0.2) is 0 Å². The maximum Gasteiger partial charge on any atom is 0.0846 e. The van der Waals surface area contributed by atoms with E-state index < -0.39 is 0 Å². The SMILES string of the molecule is CCCNCC(=Cc1cc(Br)c(Br)s1)CC. The first kappa shape index (κ1) is 14.4. The molecule has 0 bridgehead atoms. The number of nitrogens with one attached hydrogen (secondary N) is 1. The molecule has 90 valence electrons. The number of halogens is 2. The van der Waals surface area contributed by atoms with Gasteiger partial charge in [0, 0.05) is 15.9 Å². The van der Waals surface area contributed by atoms with Gasteiger partial charge in [0.05, 0.1) is 3.79 Å². The van der Waals surface area contributed by atoms with Crippen molar-refractivity contribution in [3.8, 4) is 0 Å². The lowest BCUT2D eigenvalue weighted by molar-refractivity contribution is 0.706. The highest BCUT2D eigenvalue weighted by Crippen LogP contribution is 2.33. The van der Waals surface area contributed by atoms with E-state index in [9.17, 15) is 0 Å². The van der Waals surface area contributed by atoms with E-state index in [1.165, 1.54) is 16.9 Å². The molecule has 1 rings (SSSR count). The molecule has 0 saturated heterocycles. The quantitative estimate of drug-likeness (QED) is 0.693. The molecule has 0 spiro atoms. The van der Waals surface area contributed by atoms with Gasteiger partial charge in [-0.2, -0.15) is 0 Å². The molecule has 0 aliphatic carbocycles. The lowest BCUT2D eigenvalue weighted by Gasteiger charge is -2.05. The van der Waals surface area contributed by atoms with Crippen LogP contribution in [0.25, 0.3) is 6.08 Å². The van der Waals surface area contributed by atoms with Crippen molar-refractivity contribution in [3.05, 3.63) is 24.8 Å². The molecule has 0 radical (unpaired) electrons. The smallest absolute Gasteiger partial charge is 0.0846 e. The first-order valence-electron chi connectivity index (χ1n) is 5.52. The molecule has 0 saturated carbocycles. The van der Waals surface area contributed by atoms with Crippen molar-refractivity contribution in [2.24, 2.45) is 0 Å². The second-order valence-electron chi connectivity index (χ2n) is 3.60. The summed E-state index contributed by atoms with van der Waals surface area (Å²) in [5, 5.41) is 3.44. The van der Waals surface area contributed by atoms with Crippen molar-refractivity contribution in [1.29, 1.82) is 0 Å². The summed E-state index contributed by atoms with van der Waals surface area (Å²) in [7, 11) is 0. The van der Waals surface area contributed by atoms with E-state index >= 15 is 0 Å². The minimum absolute atomic E-state index is 0.997. The van der Waals surface area contributed by atoms with Crippen molar-refractivity contribution in [1.82, 2.24) is 5.32 Å². The molecule has 0 unspecified atom stereocenters. The fourth-order valence-electron chi connectivity index (χ4n) is 1.34. The summed E-state index contributed by atoms with van der Waals surface area (Å²) in [5.74, 6) is 0. The molecule has 0 aromatic carbocycles. The Balaban J connectivity index is 2.63. The van der Waals surface area contributed by atoms with Crippen molar-refractivity contribution in [3.63, 3.8) is 0 Å². The van der Waals surface area contributed by atoms with Gasteiger partial charge in [-0.1, -0.05) is 19.4 Å². The van der Waals surface area contributed by atoms with Crippen LogP contribution in [-0.2, 0) is 0 Å². The van der Waals surface area contributed by atoms with Crippen LogP contribution >= 0.6 is 43.2 Å². The van der Waals surface area contributed by atoms with Gasteiger partial charge in [-0.3, -0.25) is 0 Å². The van der Waals surface area contributed by atoms with Crippen molar-refractivity contribution < 1.29 is 0 Å². The van der Waals surface area contributed by atoms with Crippen molar-refractivity contribution >= 4 is 49.3 Å². The fourth-order valence-corrected chi connectivity index (χ4v) is 3.42. The second kappa shape index (κ2) is 7.64. The highest BCUT2D eigenvalue weighted by atomic mass is 79.9. The summed E-state index contributed by atoms with van der Waals surface area (Å²) < 4.78 is 2.30. The van der Waals surface area contributed by atoms with Gasteiger partial charge in [-0.25, -0.2) is 0 Å². The summed E-state index contributed by atoms with van der Waals surface area (Å²) in [4.78, 5) is 1.30. The van der Waals surface area contributed by atoms with Crippen LogP contribution in [0.5, 0.6) is 0 Å². The number of thiophene rings is 1. The van der Waals surface area contributed by atoms with E-state index in [2.05, 4.69) is 63.2 Å². The monoisotopic (exact) mass is 365 g/mol. The highest BCUT2D eigenvalue weighted by Gasteiger charge is 2.03. The first-order chi connectivity index (χ1) is 7.67. The fraction of sp³-hybridized carbons (Fsp3) is 0.500. The third-order valence-corrected chi connectivity index (χ3v) is 5.45. The molecule has 1 aromatic rings. The van der Waals surface area contributed by atoms with Gasteiger partial charge >= 0.3 is 0 Å². The second-order valence-corrected chi connectivity index (χ2v) is 6.86. The van der Waals surface area contributed by atoms with Crippen LogP contribution < -0.4 is 5.32 Å². The van der Waals surface area contributed by atoms with Gasteiger partial charge in [0.25, 0.3) is 0 Å². The zero-order valence-corrected chi connectivity index (χ0v) is 13.6. The summed E-state index contributed by atoms with van der Waals surface area (Å²) in [5.41, 5.74) is 1.45. The van der Waals surface area contributed by atoms with E-state index in [1.807, 2.05) is 0 Å². The lowest BCUT2D eigenvalue weighted by Crippen LogP contribution is -2.17. The molecule has 0 amide bonds. The maximum atomic E-state index is 3.52. The lowest BCUT2D eigenvalue weighted by atomic mass is 10.2. The molecule has 16 heavy (non-hydrogen) atoms. The van der Waals surface area contributed by atoms with Gasteiger partial charge in [0.2, 0.25) is 0 Å².